The minimum Gasteiger partial charge on any atom is -0.478 e. The lowest BCUT2D eigenvalue weighted by atomic mass is 9.97. The summed E-state index contributed by atoms with van der Waals surface area (Å²) in [6.07, 6.45) is 5.66. The maximum absolute atomic E-state index is 12.9. The number of amides is 2. The smallest absolute Gasteiger partial charge is 0.331 e. The van der Waals surface area contributed by atoms with Crippen LogP contribution in [0.15, 0.2) is 11.6 Å². The summed E-state index contributed by atoms with van der Waals surface area (Å²) in [4.78, 5) is 40.3. The molecule has 1 fully saturated rings. The molecule has 0 spiro atoms. The normalized spacial score (nSPS) is 18.5. The van der Waals surface area contributed by atoms with E-state index in [-0.39, 0.29) is 41.9 Å². The Hall–Kier alpha value is -1.89. The molecule has 1 unspecified atom stereocenters. The van der Waals surface area contributed by atoms with Crippen molar-refractivity contribution in [1.29, 1.82) is 0 Å². The number of nitrogens with one attached hydrogen (secondary N) is 1. The van der Waals surface area contributed by atoms with Crippen LogP contribution in [0.4, 0.5) is 0 Å². The Labute approximate surface area is 182 Å². The predicted octanol–water partition coefficient (Wildman–Crippen LogP) is 3.30. The molecule has 7 heteroatoms. The first-order valence-corrected chi connectivity index (χ1v) is 11.2. The molecule has 2 N–H and O–H groups in total. The van der Waals surface area contributed by atoms with E-state index in [4.69, 9.17) is 5.11 Å². The predicted molar refractivity (Wildman–Crippen MR) is 121 cm³/mol. The van der Waals surface area contributed by atoms with Gasteiger partial charge in [-0.05, 0) is 46.1 Å². The van der Waals surface area contributed by atoms with Crippen LogP contribution in [0.2, 0.25) is 0 Å². The zero-order valence-corrected chi connectivity index (χ0v) is 20.2. The van der Waals surface area contributed by atoms with Crippen molar-refractivity contribution >= 4 is 17.8 Å². The minimum atomic E-state index is -1.00. The van der Waals surface area contributed by atoms with Gasteiger partial charge in [0.2, 0.25) is 11.8 Å². The molecule has 0 aliphatic carbocycles. The summed E-state index contributed by atoms with van der Waals surface area (Å²) in [5, 5.41) is 11.9. The van der Waals surface area contributed by atoms with Crippen molar-refractivity contribution in [3.63, 3.8) is 0 Å². The first kappa shape index (κ1) is 28.1. The summed E-state index contributed by atoms with van der Waals surface area (Å²) in [5.41, 5.74) is 0.189. The van der Waals surface area contributed by atoms with Gasteiger partial charge >= 0.3 is 5.97 Å². The molecule has 2 amide bonds. The maximum Gasteiger partial charge on any atom is 0.331 e. The van der Waals surface area contributed by atoms with Gasteiger partial charge in [-0.1, -0.05) is 46.6 Å². The summed E-state index contributed by atoms with van der Waals surface area (Å²) < 4.78 is 0. The number of hydrogen-bond acceptors (Lipinski definition) is 4. The molecule has 0 aromatic heterocycles. The number of carboxylic acid groups (broad SMARTS) is 1. The van der Waals surface area contributed by atoms with E-state index >= 15 is 0 Å². The number of aliphatic carboxylic acids is 1. The molecule has 0 bridgehead atoms. The fourth-order valence-corrected chi connectivity index (χ4v) is 3.31. The van der Waals surface area contributed by atoms with Gasteiger partial charge in [0.1, 0.15) is 6.04 Å². The molecule has 174 valence electrons. The number of carboxylic acids is 1. The number of hydrogen-bond donors (Lipinski definition) is 2. The molecule has 1 heterocycles. The van der Waals surface area contributed by atoms with Crippen LogP contribution in [0.25, 0.3) is 0 Å². The lowest BCUT2D eigenvalue weighted by molar-refractivity contribution is -0.138. The van der Waals surface area contributed by atoms with Crippen LogP contribution in [0, 0.1) is 5.92 Å². The third-order valence-electron chi connectivity index (χ3n) is 5.13. The summed E-state index contributed by atoms with van der Waals surface area (Å²) >= 11 is 0. The van der Waals surface area contributed by atoms with E-state index in [0.717, 1.165) is 25.8 Å². The van der Waals surface area contributed by atoms with Gasteiger partial charge in [-0.2, -0.15) is 0 Å². The summed E-state index contributed by atoms with van der Waals surface area (Å²) in [7, 11) is 1.62. The number of carbonyl (C=O) groups is 3. The van der Waals surface area contributed by atoms with E-state index in [0.29, 0.717) is 0 Å². The van der Waals surface area contributed by atoms with Gasteiger partial charge in [0.05, 0.1) is 6.04 Å². The van der Waals surface area contributed by atoms with Crippen molar-refractivity contribution in [1.82, 2.24) is 15.1 Å². The highest BCUT2D eigenvalue weighted by Crippen LogP contribution is 2.20. The van der Waals surface area contributed by atoms with Crippen LogP contribution in [-0.4, -0.2) is 71.0 Å². The van der Waals surface area contributed by atoms with E-state index in [1.807, 2.05) is 13.8 Å². The number of likely N-dealkylation sites (tertiary alicyclic amines) is 1. The number of likely N-dealkylation sites (N-methyl/N-ethyl adjacent to an activating group) is 1. The zero-order valence-electron chi connectivity index (χ0n) is 20.2. The first-order chi connectivity index (χ1) is 14.0. The Morgan fingerprint density at radius 2 is 1.73 bits per heavy atom. The highest BCUT2D eigenvalue weighted by atomic mass is 16.4. The van der Waals surface area contributed by atoms with Crippen molar-refractivity contribution in [2.75, 3.05) is 20.1 Å². The van der Waals surface area contributed by atoms with Crippen LogP contribution in [-0.2, 0) is 14.4 Å². The van der Waals surface area contributed by atoms with Gasteiger partial charge in [-0.25, -0.2) is 4.79 Å². The third kappa shape index (κ3) is 9.28. The molecular weight excluding hydrogens is 382 g/mol. The minimum absolute atomic E-state index is 0.0652. The number of nitrogens with zero attached hydrogens (tertiary/aromatic N) is 2. The molecule has 1 aliphatic heterocycles. The summed E-state index contributed by atoms with van der Waals surface area (Å²) in [5.74, 6) is -1.37. The van der Waals surface area contributed by atoms with Gasteiger partial charge in [-0.15, -0.1) is 0 Å². The Morgan fingerprint density at radius 1 is 1.17 bits per heavy atom. The highest BCUT2D eigenvalue weighted by molar-refractivity contribution is 5.90. The molecule has 1 saturated heterocycles. The molecular formula is C23H43N3O4. The van der Waals surface area contributed by atoms with E-state index in [1.54, 1.807) is 7.05 Å². The molecule has 1 aliphatic rings. The zero-order chi connectivity index (χ0) is 23.4. The maximum atomic E-state index is 12.9. The molecule has 7 nitrogen and oxygen atoms in total. The number of carbonyl (C=O) groups excluding carboxylic acids is 2. The standard InChI is InChI=1S/C20H35N3O4.C3H8/c1-13(2)17(19(25)22(6)12-10-15(5)20(26)27)21-18(24)16-9-7-8-11-23(16)14(3)4;1-3-2/h10,13-14,16-17H,7-9,11-12H2,1-6H3,(H,21,24)(H,26,27);3H2,1-2H3/b15-10+;/t16-,17?;/m0./s1. The molecule has 2 atom stereocenters. The van der Waals surface area contributed by atoms with E-state index in [1.165, 1.54) is 24.3 Å². The van der Waals surface area contributed by atoms with Gasteiger partial charge < -0.3 is 15.3 Å². The van der Waals surface area contributed by atoms with E-state index < -0.39 is 12.0 Å². The van der Waals surface area contributed by atoms with E-state index in [9.17, 15) is 14.4 Å². The lowest BCUT2D eigenvalue weighted by Crippen LogP contribution is -2.57. The fourth-order valence-electron chi connectivity index (χ4n) is 3.31. The summed E-state index contributed by atoms with van der Waals surface area (Å²) in [6, 6.07) is -0.551. The largest absolute Gasteiger partial charge is 0.478 e. The van der Waals surface area contributed by atoms with Crippen molar-refractivity contribution in [2.24, 2.45) is 5.92 Å². The molecule has 0 aromatic carbocycles. The van der Waals surface area contributed by atoms with Crippen LogP contribution in [0.1, 0.15) is 74.1 Å². The Kier molecular flexibility index (Phi) is 13.3. The van der Waals surface area contributed by atoms with Gasteiger partial charge in [0.15, 0.2) is 0 Å². The average molecular weight is 426 g/mol. The number of piperidine rings is 1. The van der Waals surface area contributed by atoms with Crippen molar-refractivity contribution in [3.05, 3.63) is 11.6 Å². The van der Waals surface area contributed by atoms with Gasteiger partial charge in [-0.3, -0.25) is 14.5 Å². The van der Waals surface area contributed by atoms with Crippen molar-refractivity contribution in [2.45, 2.75) is 92.3 Å². The van der Waals surface area contributed by atoms with Crippen LogP contribution in [0.3, 0.4) is 0 Å². The molecule has 30 heavy (non-hydrogen) atoms. The Bertz CT molecular complexity index is 587. The Balaban J connectivity index is 0.00000263. The molecule has 0 radical (unpaired) electrons. The third-order valence-corrected chi connectivity index (χ3v) is 5.13. The second-order valence-electron chi connectivity index (χ2n) is 8.69. The average Bonchev–Trinajstić information content (AvgIpc) is 2.69. The second-order valence-corrected chi connectivity index (χ2v) is 8.69. The quantitative estimate of drug-likeness (QED) is 0.583. The topological polar surface area (TPSA) is 90.0 Å². The van der Waals surface area contributed by atoms with Gasteiger partial charge in [0.25, 0.3) is 0 Å². The Morgan fingerprint density at radius 3 is 2.20 bits per heavy atom. The molecule has 1 rings (SSSR count). The molecule has 0 aromatic rings. The monoisotopic (exact) mass is 425 g/mol. The second kappa shape index (κ2) is 14.2. The van der Waals surface area contributed by atoms with Gasteiger partial charge in [0, 0.05) is 25.2 Å². The molecule has 0 saturated carbocycles. The SMILES string of the molecule is C/C(=C\CN(C)C(=O)C(NC(=O)[C@@H]1CCCCN1C(C)C)C(C)C)C(=O)O.CCC. The summed E-state index contributed by atoms with van der Waals surface area (Å²) in [6.45, 7) is 14.8. The van der Waals surface area contributed by atoms with Crippen LogP contribution >= 0.6 is 0 Å². The van der Waals surface area contributed by atoms with Crippen molar-refractivity contribution < 1.29 is 19.5 Å². The highest BCUT2D eigenvalue weighted by Gasteiger charge is 2.34. The van der Waals surface area contributed by atoms with Crippen molar-refractivity contribution in [3.8, 4) is 0 Å². The fraction of sp³-hybridized carbons (Fsp3) is 0.783. The number of rotatable bonds is 8. The van der Waals surface area contributed by atoms with E-state index in [2.05, 4.69) is 37.9 Å². The van der Waals surface area contributed by atoms with Crippen LogP contribution in [0.5, 0.6) is 0 Å². The van der Waals surface area contributed by atoms with Crippen LogP contribution < -0.4 is 5.32 Å². The lowest BCUT2D eigenvalue weighted by Gasteiger charge is -2.38. The first-order valence-electron chi connectivity index (χ1n) is 11.2.